The monoisotopic (exact) mass is 220 g/mol. The molecule has 2 N–H and O–H groups in total. The molecule has 1 rings (SSSR count). The van der Waals surface area contributed by atoms with Crippen LogP contribution in [0.25, 0.3) is 0 Å². The number of hydrogen-bond acceptors (Lipinski definition) is 2. The van der Waals surface area contributed by atoms with E-state index in [1.54, 1.807) is 0 Å². The zero-order valence-corrected chi connectivity index (χ0v) is 7.38. The van der Waals surface area contributed by atoms with Gasteiger partial charge < -0.3 is 10.2 Å². The predicted molar refractivity (Wildman–Crippen MR) is 44.3 cm³/mol. The van der Waals surface area contributed by atoms with Crippen LogP contribution in [0.3, 0.4) is 0 Å². The van der Waals surface area contributed by atoms with Gasteiger partial charge in [0.2, 0.25) is 0 Å². The van der Waals surface area contributed by atoms with Crippen molar-refractivity contribution in [3.8, 4) is 0 Å². The number of carboxylic acids is 1. The number of carboxylic acid groups (broad SMARTS) is 1. The number of aliphatic hydroxyl groups excluding tert-OH is 1. The molecule has 6 heteroatoms. The van der Waals surface area contributed by atoms with Crippen molar-refractivity contribution in [1.82, 2.24) is 0 Å². The van der Waals surface area contributed by atoms with E-state index in [9.17, 15) is 18.0 Å². The normalized spacial score (nSPS) is 11.5. The lowest BCUT2D eigenvalue weighted by Crippen LogP contribution is -2.16. The number of aliphatic hydroxyl groups is 1. The third-order valence-electron chi connectivity index (χ3n) is 1.83. The van der Waals surface area contributed by atoms with Crippen molar-refractivity contribution in [2.45, 2.75) is 12.8 Å². The molecule has 0 saturated heterocycles. The first kappa shape index (κ1) is 11.5. The number of alkyl halides is 3. The lowest BCUT2D eigenvalue weighted by Gasteiger charge is -2.13. The van der Waals surface area contributed by atoms with Crippen LogP contribution >= 0.6 is 0 Å². The van der Waals surface area contributed by atoms with E-state index < -0.39 is 35.4 Å². The van der Waals surface area contributed by atoms with E-state index in [0.29, 0.717) is 0 Å². The van der Waals surface area contributed by atoms with Gasteiger partial charge in [-0.1, -0.05) is 12.1 Å². The molecule has 0 aliphatic heterocycles. The summed E-state index contributed by atoms with van der Waals surface area (Å²) in [5.74, 6) is -1.67. The SMILES string of the molecule is O=C(O)c1cccc(CO)c1C(F)(F)F. The van der Waals surface area contributed by atoms with Crippen LogP contribution in [0.1, 0.15) is 21.5 Å². The molecule has 0 unspecified atom stereocenters. The van der Waals surface area contributed by atoms with Crippen LogP contribution in [0.15, 0.2) is 18.2 Å². The van der Waals surface area contributed by atoms with Crippen molar-refractivity contribution in [2.75, 3.05) is 0 Å². The Hall–Kier alpha value is -1.56. The van der Waals surface area contributed by atoms with Gasteiger partial charge in [0.05, 0.1) is 17.7 Å². The molecule has 1 aromatic carbocycles. The Morgan fingerprint density at radius 3 is 2.33 bits per heavy atom. The van der Waals surface area contributed by atoms with E-state index in [-0.39, 0.29) is 0 Å². The van der Waals surface area contributed by atoms with Crippen molar-refractivity contribution in [1.29, 1.82) is 0 Å². The van der Waals surface area contributed by atoms with Gasteiger partial charge in [-0.2, -0.15) is 13.2 Å². The summed E-state index contributed by atoms with van der Waals surface area (Å²) in [4.78, 5) is 10.6. The van der Waals surface area contributed by atoms with Gasteiger partial charge in [-0.25, -0.2) is 4.79 Å². The summed E-state index contributed by atoms with van der Waals surface area (Å²) in [6, 6.07) is 3.05. The maximum Gasteiger partial charge on any atom is 0.417 e. The molecule has 0 amide bonds. The van der Waals surface area contributed by atoms with Gasteiger partial charge in [0, 0.05) is 0 Å². The molecule has 0 spiro atoms. The first-order valence-corrected chi connectivity index (χ1v) is 3.91. The van der Waals surface area contributed by atoms with Crippen LogP contribution in [-0.2, 0) is 12.8 Å². The molecule has 0 saturated carbocycles. The first-order chi connectivity index (χ1) is 6.88. The molecule has 1 aromatic rings. The zero-order chi connectivity index (χ0) is 11.6. The van der Waals surface area contributed by atoms with Gasteiger partial charge in [-0.3, -0.25) is 0 Å². The van der Waals surface area contributed by atoms with Crippen LogP contribution < -0.4 is 0 Å². The maximum absolute atomic E-state index is 12.5. The number of carbonyl (C=O) groups is 1. The number of benzene rings is 1. The Balaban J connectivity index is 3.47. The molecule has 0 aromatic heterocycles. The summed E-state index contributed by atoms with van der Waals surface area (Å²) in [6.45, 7) is -0.851. The topological polar surface area (TPSA) is 57.5 Å². The lowest BCUT2D eigenvalue weighted by atomic mass is 10.0. The van der Waals surface area contributed by atoms with E-state index in [0.717, 1.165) is 18.2 Å². The van der Waals surface area contributed by atoms with Crippen LogP contribution in [0.2, 0.25) is 0 Å². The Morgan fingerprint density at radius 2 is 1.93 bits per heavy atom. The molecule has 0 fully saturated rings. The fourth-order valence-electron chi connectivity index (χ4n) is 1.24. The summed E-state index contributed by atoms with van der Waals surface area (Å²) < 4.78 is 37.4. The molecule has 3 nitrogen and oxygen atoms in total. The van der Waals surface area contributed by atoms with Crippen molar-refractivity contribution < 1.29 is 28.2 Å². The highest BCUT2D eigenvalue weighted by atomic mass is 19.4. The van der Waals surface area contributed by atoms with E-state index in [1.807, 2.05) is 0 Å². The standard InChI is InChI=1S/C9H7F3O3/c10-9(11,12)7-5(4-13)2-1-3-6(7)8(14)15/h1-3,13H,4H2,(H,14,15). The maximum atomic E-state index is 12.5. The van der Waals surface area contributed by atoms with E-state index >= 15 is 0 Å². The van der Waals surface area contributed by atoms with Crippen molar-refractivity contribution in [3.63, 3.8) is 0 Å². The third kappa shape index (κ3) is 2.27. The van der Waals surface area contributed by atoms with Gasteiger partial charge in [-0.15, -0.1) is 0 Å². The highest BCUT2D eigenvalue weighted by molar-refractivity contribution is 5.90. The minimum atomic E-state index is -4.78. The van der Waals surface area contributed by atoms with E-state index in [2.05, 4.69) is 0 Å². The largest absolute Gasteiger partial charge is 0.478 e. The van der Waals surface area contributed by atoms with E-state index in [1.165, 1.54) is 0 Å². The number of halogens is 3. The van der Waals surface area contributed by atoms with Gasteiger partial charge in [-0.05, 0) is 11.6 Å². The minimum absolute atomic E-state index is 0.442. The Kier molecular flexibility index (Phi) is 2.99. The molecular weight excluding hydrogens is 213 g/mol. The van der Waals surface area contributed by atoms with E-state index in [4.69, 9.17) is 10.2 Å². The van der Waals surface area contributed by atoms with Gasteiger partial charge in [0.25, 0.3) is 0 Å². The molecule has 15 heavy (non-hydrogen) atoms. The first-order valence-electron chi connectivity index (χ1n) is 3.91. The fraction of sp³-hybridized carbons (Fsp3) is 0.222. The van der Waals surface area contributed by atoms with Crippen LogP contribution in [0, 0.1) is 0 Å². The summed E-state index contributed by atoms with van der Waals surface area (Å²) in [5, 5.41) is 17.3. The fourth-order valence-corrected chi connectivity index (χ4v) is 1.24. The van der Waals surface area contributed by atoms with Gasteiger partial charge in [0.15, 0.2) is 0 Å². The molecule has 0 bridgehead atoms. The quantitative estimate of drug-likeness (QED) is 0.800. The van der Waals surface area contributed by atoms with Crippen molar-refractivity contribution in [2.24, 2.45) is 0 Å². The molecule has 0 radical (unpaired) electrons. The van der Waals surface area contributed by atoms with Crippen LogP contribution in [-0.4, -0.2) is 16.2 Å². The summed E-state index contributed by atoms with van der Waals surface area (Å²) in [7, 11) is 0. The average Bonchev–Trinajstić information content (AvgIpc) is 2.15. The van der Waals surface area contributed by atoms with Crippen LogP contribution in [0.5, 0.6) is 0 Å². The predicted octanol–water partition coefficient (Wildman–Crippen LogP) is 1.90. The number of hydrogen-bond donors (Lipinski definition) is 2. The van der Waals surface area contributed by atoms with Crippen LogP contribution in [0.4, 0.5) is 13.2 Å². The molecule has 82 valence electrons. The number of aromatic carboxylic acids is 1. The summed E-state index contributed by atoms with van der Waals surface area (Å²) in [5.41, 5.74) is -2.59. The zero-order valence-electron chi connectivity index (χ0n) is 7.38. The Morgan fingerprint density at radius 1 is 1.33 bits per heavy atom. The second-order valence-corrected chi connectivity index (χ2v) is 2.80. The minimum Gasteiger partial charge on any atom is -0.478 e. The summed E-state index contributed by atoms with van der Waals surface area (Å²) in [6.07, 6.45) is -4.78. The molecule has 0 heterocycles. The van der Waals surface area contributed by atoms with Gasteiger partial charge in [0.1, 0.15) is 0 Å². The second kappa shape index (κ2) is 3.90. The van der Waals surface area contributed by atoms with Gasteiger partial charge >= 0.3 is 12.1 Å². The summed E-state index contributed by atoms with van der Waals surface area (Å²) >= 11 is 0. The highest BCUT2D eigenvalue weighted by Crippen LogP contribution is 2.34. The lowest BCUT2D eigenvalue weighted by molar-refractivity contribution is -0.139. The molecule has 0 aliphatic rings. The number of rotatable bonds is 2. The third-order valence-corrected chi connectivity index (χ3v) is 1.83. The molecular formula is C9H7F3O3. The Labute approximate surface area is 82.8 Å². The molecule has 0 atom stereocenters. The Bertz CT molecular complexity index is 385. The van der Waals surface area contributed by atoms with Crippen molar-refractivity contribution >= 4 is 5.97 Å². The smallest absolute Gasteiger partial charge is 0.417 e. The highest BCUT2D eigenvalue weighted by Gasteiger charge is 2.37. The second-order valence-electron chi connectivity index (χ2n) is 2.80. The molecule has 0 aliphatic carbocycles. The van der Waals surface area contributed by atoms with Crippen molar-refractivity contribution in [3.05, 3.63) is 34.9 Å². The average molecular weight is 220 g/mol.